The SMILES string of the molecule is Cn1cc(C(=N)C(C#N)C(c2ccc(Cl)c(C(F)(F)F)c2)C(C#N)C#N)cn1. The quantitative estimate of drug-likeness (QED) is 0.757. The number of rotatable bonds is 5. The Morgan fingerprint density at radius 1 is 1.21 bits per heavy atom. The van der Waals surface area contributed by atoms with Gasteiger partial charge in [0.05, 0.1) is 46.6 Å². The Morgan fingerprint density at radius 3 is 2.32 bits per heavy atom. The first-order valence-corrected chi connectivity index (χ1v) is 8.14. The molecule has 1 N–H and O–H groups in total. The molecular weight excluding hydrogens is 393 g/mol. The van der Waals surface area contributed by atoms with E-state index in [1.807, 2.05) is 6.07 Å². The third-order valence-corrected chi connectivity index (χ3v) is 4.47. The molecule has 2 rings (SSSR count). The Labute approximate surface area is 163 Å². The fourth-order valence-electron chi connectivity index (χ4n) is 2.80. The summed E-state index contributed by atoms with van der Waals surface area (Å²) in [6.45, 7) is 0. The van der Waals surface area contributed by atoms with Crippen LogP contribution in [-0.2, 0) is 13.2 Å². The monoisotopic (exact) mass is 404 g/mol. The van der Waals surface area contributed by atoms with E-state index >= 15 is 0 Å². The van der Waals surface area contributed by atoms with Crippen LogP contribution in [0, 0.1) is 51.2 Å². The molecule has 10 heteroatoms. The first-order valence-electron chi connectivity index (χ1n) is 7.77. The van der Waals surface area contributed by atoms with Gasteiger partial charge < -0.3 is 5.41 Å². The lowest BCUT2D eigenvalue weighted by molar-refractivity contribution is -0.137. The predicted molar refractivity (Wildman–Crippen MR) is 93.1 cm³/mol. The number of aryl methyl sites for hydroxylation is 1. The van der Waals surface area contributed by atoms with Crippen LogP contribution < -0.4 is 0 Å². The van der Waals surface area contributed by atoms with E-state index in [0.29, 0.717) is 0 Å². The van der Waals surface area contributed by atoms with Crippen molar-refractivity contribution in [3.05, 3.63) is 52.3 Å². The van der Waals surface area contributed by atoms with Crippen molar-refractivity contribution in [2.24, 2.45) is 18.9 Å². The van der Waals surface area contributed by atoms with Gasteiger partial charge in [0.25, 0.3) is 0 Å². The lowest BCUT2D eigenvalue weighted by atomic mass is 9.75. The molecule has 0 spiro atoms. The van der Waals surface area contributed by atoms with Crippen molar-refractivity contribution in [3.63, 3.8) is 0 Å². The minimum Gasteiger partial charge on any atom is -0.303 e. The van der Waals surface area contributed by atoms with Crippen LogP contribution in [0.3, 0.4) is 0 Å². The normalized spacial score (nSPS) is 13.2. The number of aromatic nitrogens is 2. The summed E-state index contributed by atoms with van der Waals surface area (Å²) in [7, 11) is 1.60. The predicted octanol–water partition coefficient (Wildman–Crippen LogP) is 4.05. The minimum atomic E-state index is -4.76. The summed E-state index contributed by atoms with van der Waals surface area (Å²) in [5.74, 6) is -4.09. The van der Waals surface area contributed by atoms with Crippen LogP contribution in [0.25, 0.3) is 0 Å². The van der Waals surface area contributed by atoms with Gasteiger partial charge in [0, 0.05) is 24.7 Å². The largest absolute Gasteiger partial charge is 0.417 e. The van der Waals surface area contributed by atoms with E-state index in [0.717, 1.165) is 12.1 Å². The van der Waals surface area contributed by atoms with Crippen molar-refractivity contribution >= 4 is 17.3 Å². The number of nitriles is 3. The number of nitrogens with one attached hydrogen (secondary N) is 1. The maximum atomic E-state index is 13.2. The standard InChI is InChI=1S/C18H12ClF3N6/c1-28-9-12(8-27-28)17(26)13(7-25)16(11(5-23)6-24)10-2-3-15(19)14(4-10)18(20,21)22/h2-4,8-9,11,13,16,26H,1H3. The molecule has 2 unspecified atom stereocenters. The van der Waals surface area contributed by atoms with Crippen LogP contribution in [-0.4, -0.2) is 15.5 Å². The minimum absolute atomic E-state index is 0.0787. The zero-order valence-electron chi connectivity index (χ0n) is 14.4. The van der Waals surface area contributed by atoms with Crippen LogP contribution in [0.2, 0.25) is 5.02 Å². The van der Waals surface area contributed by atoms with Gasteiger partial charge in [0.2, 0.25) is 0 Å². The number of alkyl halides is 3. The van der Waals surface area contributed by atoms with Gasteiger partial charge in [-0.15, -0.1) is 0 Å². The van der Waals surface area contributed by atoms with Crippen molar-refractivity contribution in [1.82, 2.24) is 9.78 Å². The van der Waals surface area contributed by atoms with Gasteiger partial charge in [-0.3, -0.25) is 4.68 Å². The van der Waals surface area contributed by atoms with Crippen LogP contribution in [0.5, 0.6) is 0 Å². The molecule has 1 heterocycles. The maximum Gasteiger partial charge on any atom is 0.417 e. The van der Waals surface area contributed by atoms with E-state index in [9.17, 15) is 29.0 Å². The number of halogens is 4. The van der Waals surface area contributed by atoms with Crippen LogP contribution in [0.15, 0.2) is 30.6 Å². The molecule has 0 saturated carbocycles. The number of hydrogen-bond acceptors (Lipinski definition) is 5. The van der Waals surface area contributed by atoms with Gasteiger partial charge in [-0.05, 0) is 17.7 Å². The second-order valence-electron chi connectivity index (χ2n) is 5.92. The Morgan fingerprint density at radius 2 is 1.86 bits per heavy atom. The zero-order valence-corrected chi connectivity index (χ0v) is 15.1. The summed E-state index contributed by atoms with van der Waals surface area (Å²) >= 11 is 5.64. The third-order valence-electron chi connectivity index (χ3n) is 4.14. The van der Waals surface area contributed by atoms with Crippen LogP contribution in [0.1, 0.15) is 22.6 Å². The van der Waals surface area contributed by atoms with Gasteiger partial charge in [-0.2, -0.15) is 34.1 Å². The first kappa shape index (κ1) is 21.0. The molecule has 1 aromatic carbocycles. The lowest BCUT2D eigenvalue weighted by Gasteiger charge is -2.24. The van der Waals surface area contributed by atoms with Crippen molar-refractivity contribution in [3.8, 4) is 18.2 Å². The van der Waals surface area contributed by atoms with E-state index in [-0.39, 0.29) is 16.8 Å². The fraction of sp³-hybridized carbons (Fsp3) is 0.278. The molecule has 0 fully saturated rings. The summed E-state index contributed by atoms with van der Waals surface area (Å²) in [4.78, 5) is 0. The molecule has 142 valence electrons. The van der Waals surface area contributed by atoms with Crippen molar-refractivity contribution in [1.29, 1.82) is 21.2 Å². The summed E-state index contributed by atoms with van der Waals surface area (Å²) in [5.41, 5.74) is -1.21. The summed E-state index contributed by atoms with van der Waals surface area (Å²) < 4.78 is 41.1. The van der Waals surface area contributed by atoms with Gasteiger partial charge >= 0.3 is 6.18 Å². The fourth-order valence-corrected chi connectivity index (χ4v) is 3.02. The molecule has 2 aromatic rings. The lowest BCUT2D eigenvalue weighted by Crippen LogP contribution is -2.26. The van der Waals surface area contributed by atoms with E-state index in [2.05, 4.69) is 5.10 Å². The summed E-state index contributed by atoms with van der Waals surface area (Å²) in [6, 6.07) is 8.21. The van der Waals surface area contributed by atoms with Gasteiger partial charge in [0.1, 0.15) is 5.92 Å². The maximum absolute atomic E-state index is 13.2. The van der Waals surface area contributed by atoms with Crippen molar-refractivity contribution in [2.45, 2.75) is 12.1 Å². The van der Waals surface area contributed by atoms with E-state index < -0.39 is 34.5 Å². The van der Waals surface area contributed by atoms with Gasteiger partial charge in [-0.1, -0.05) is 17.7 Å². The molecule has 0 amide bonds. The first-order chi connectivity index (χ1) is 13.1. The van der Waals surface area contributed by atoms with E-state index in [1.54, 1.807) is 19.2 Å². The molecule has 0 saturated heterocycles. The van der Waals surface area contributed by atoms with E-state index in [4.69, 9.17) is 17.0 Å². The average Bonchev–Trinajstić information content (AvgIpc) is 3.07. The molecule has 0 aliphatic rings. The Balaban J connectivity index is 2.63. The average molecular weight is 405 g/mol. The van der Waals surface area contributed by atoms with Crippen LogP contribution >= 0.6 is 11.6 Å². The molecule has 1 aromatic heterocycles. The third kappa shape index (κ3) is 4.14. The summed E-state index contributed by atoms with van der Waals surface area (Å²) in [6.07, 6.45) is -1.98. The van der Waals surface area contributed by atoms with Gasteiger partial charge in [0.15, 0.2) is 0 Å². The molecule has 0 bridgehead atoms. The van der Waals surface area contributed by atoms with Crippen molar-refractivity contribution in [2.75, 3.05) is 0 Å². The molecule has 6 nitrogen and oxygen atoms in total. The molecule has 2 atom stereocenters. The smallest absolute Gasteiger partial charge is 0.303 e. The molecular formula is C18H12ClF3N6. The highest BCUT2D eigenvalue weighted by molar-refractivity contribution is 6.31. The summed E-state index contributed by atoms with van der Waals surface area (Å²) in [5, 5.41) is 39.9. The number of benzene rings is 1. The molecule has 0 aliphatic heterocycles. The highest BCUT2D eigenvalue weighted by atomic mass is 35.5. The van der Waals surface area contributed by atoms with Crippen molar-refractivity contribution < 1.29 is 13.2 Å². The molecule has 0 radical (unpaired) electrons. The topological polar surface area (TPSA) is 113 Å². The molecule has 0 aliphatic carbocycles. The second-order valence-corrected chi connectivity index (χ2v) is 6.33. The zero-order chi connectivity index (χ0) is 21.1. The van der Waals surface area contributed by atoms with E-state index in [1.165, 1.54) is 23.1 Å². The highest BCUT2D eigenvalue weighted by Crippen LogP contribution is 2.40. The molecule has 28 heavy (non-hydrogen) atoms. The second kappa shape index (κ2) is 8.12. The van der Waals surface area contributed by atoms with Crippen LogP contribution in [0.4, 0.5) is 13.2 Å². The highest BCUT2D eigenvalue weighted by Gasteiger charge is 2.38. The van der Waals surface area contributed by atoms with Gasteiger partial charge in [-0.25, -0.2) is 0 Å². The Kier molecular flexibility index (Phi) is 6.08. The Hall–Kier alpha value is -3.35. The Bertz CT molecular complexity index is 1010. The number of nitrogens with zero attached hydrogens (tertiary/aromatic N) is 5. The number of hydrogen-bond donors (Lipinski definition) is 1.